The summed E-state index contributed by atoms with van der Waals surface area (Å²) in [6.07, 6.45) is 0. The standard InChI is InChI=1S/C14H15N3O/c1-11(18)16-7-14(8-16)9-17(10-14)13-4-2-12(6-15)3-5-13/h2-5H,7-10H2,1H3. The van der Waals surface area contributed by atoms with E-state index in [0.717, 1.165) is 26.2 Å². The van der Waals surface area contributed by atoms with Crippen LogP contribution in [0.3, 0.4) is 0 Å². The number of amides is 1. The highest BCUT2D eigenvalue weighted by Gasteiger charge is 2.52. The topological polar surface area (TPSA) is 47.3 Å². The van der Waals surface area contributed by atoms with Crippen LogP contribution in [0, 0.1) is 16.7 Å². The summed E-state index contributed by atoms with van der Waals surface area (Å²) in [5.41, 5.74) is 2.20. The molecule has 0 atom stereocenters. The minimum absolute atomic E-state index is 0.178. The van der Waals surface area contributed by atoms with Gasteiger partial charge in [-0.1, -0.05) is 0 Å². The lowest BCUT2D eigenvalue weighted by Crippen LogP contribution is -2.72. The van der Waals surface area contributed by atoms with Crippen LogP contribution in [0.15, 0.2) is 24.3 Å². The number of hydrogen-bond donors (Lipinski definition) is 0. The Morgan fingerprint density at radius 1 is 1.22 bits per heavy atom. The Hall–Kier alpha value is -2.02. The third-order valence-corrected chi connectivity index (χ3v) is 3.91. The van der Waals surface area contributed by atoms with Crippen molar-refractivity contribution in [3.63, 3.8) is 0 Å². The third kappa shape index (κ3) is 1.63. The van der Waals surface area contributed by atoms with E-state index in [1.54, 1.807) is 6.92 Å². The van der Waals surface area contributed by atoms with Crippen molar-refractivity contribution in [2.24, 2.45) is 5.41 Å². The van der Waals surface area contributed by atoms with Gasteiger partial charge in [-0.3, -0.25) is 4.79 Å². The Kier molecular flexibility index (Phi) is 2.30. The van der Waals surface area contributed by atoms with E-state index in [1.165, 1.54) is 5.69 Å². The van der Waals surface area contributed by atoms with Crippen molar-refractivity contribution in [1.82, 2.24) is 4.90 Å². The highest BCUT2D eigenvalue weighted by atomic mass is 16.2. The molecule has 1 aromatic carbocycles. The van der Waals surface area contributed by atoms with Crippen LogP contribution in [0.5, 0.6) is 0 Å². The predicted molar refractivity (Wildman–Crippen MR) is 68.1 cm³/mol. The van der Waals surface area contributed by atoms with Gasteiger partial charge < -0.3 is 9.80 Å². The quantitative estimate of drug-likeness (QED) is 0.743. The Labute approximate surface area is 106 Å². The number of hydrogen-bond acceptors (Lipinski definition) is 3. The van der Waals surface area contributed by atoms with Crippen LogP contribution in [-0.4, -0.2) is 37.0 Å². The van der Waals surface area contributed by atoms with Crippen molar-refractivity contribution in [2.45, 2.75) is 6.92 Å². The molecule has 1 amide bonds. The van der Waals surface area contributed by atoms with Gasteiger partial charge in [0.15, 0.2) is 0 Å². The SMILES string of the molecule is CC(=O)N1CC2(C1)CN(c1ccc(C#N)cc1)C2. The number of rotatable bonds is 1. The molecule has 2 saturated heterocycles. The van der Waals surface area contributed by atoms with E-state index in [2.05, 4.69) is 11.0 Å². The first-order valence-electron chi connectivity index (χ1n) is 6.13. The second-order valence-corrected chi connectivity index (χ2v) is 5.39. The van der Waals surface area contributed by atoms with Gasteiger partial charge in [0, 0.05) is 44.2 Å². The molecule has 2 aliphatic heterocycles. The monoisotopic (exact) mass is 241 g/mol. The lowest BCUT2D eigenvalue weighted by molar-refractivity contribution is -0.142. The number of likely N-dealkylation sites (tertiary alicyclic amines) is 1. The van der Waals surface area contributed by atoms with Crippen molar-refractivity contribution < 1.29 is 4.79 Å². The Morgan fingerprint density at radius 3 is 2.33 bits per heavy atom. The van der Waals surface area contributed by atoms with Crippen molar-refractivity contribution in [1.29, 1.82) is 5.26 Å². The Morgan fingerprint density at radius 2 is 1.83 bits per heavy atom. The van der Waals surface area contributed by atoms with Crippen LogP contribution in [0.4, 0.5) is 5.69 Å². The molecular weight excluding hydrogens is 226 g/mol. The summed E-state index contributed by atoms with van der Waals surface area (Å²) in [5, 5.41) is 8.75. The van der Waals surface area contributed by atoms with Gasteiger partial charge in [-0.25, -0.2) is 0 Å². The van der Waals surface area contributed by atoms with E-state index >= 15 is 0 Å². The highest BCUT2D eigenvalue weighted by Crippen LogP contribution is 2.41. The molecule has 0 aromatic heterocycles. The molecule has 2 heterocycles. The van der Waals surface area contributed by atoms with Crippen LogP contribution in [-0.2, 0) is 4.79 Å². The molecule has 1 spiro atoms. The summed E-state index contributed by atoms with van der Waals surface area (Å²) in [6.45, 7) is 5.46. The zero-order valence-electron chi connectivity index (χ0n) is 10.4. The molecule has 2 fully saturated rings. The number of anilines is 1. The summed E-state index contributed by atoms with van der Waals surface area (Å²) in [7, 11) is 0. The molecule has 18 heavy (non-hydrogen) atoms. The average Bonchev–Trinajstić information content (AvgIpc) is 2.25. The lowest BCUT2D eigenvalue weighted by atomic mass is 9.72. The Balaban J connectivity index is 1.59. The number of benzene rings is 1. The minimum Gasteiger partial charge on any atom is -0.370 e. The van der Waals surface area contributed by atoms with Crippen LogP contribution < -0.4 is 4.90 Å². The second-order valence-electron chi connectivity index (χ2n) is 5.39. The predicted octanol–water partition coefficient (Wildman–Crippen LogP) is 1.23. The van der Waals surface area contributed by atoms with Gasteiger partial charge in [0.1, 0.15) is 0 Å². The van der Waals surface area contributed by atoms with Gasteiger partial charge >= 0.3 is 0 Å². The van der Waals surface area contributed by atoms with Gasteiger partial charge in [-0.15, -0.1) is 0 Å². The second kappa shape index (κ2) is 3.74. The highest BCUT2D eigenvalue weighted by molar-refractivity contribution is 5.74. The molecule has 2 aliphatic rings. The van der Waals surface area contributed by atoms with Crippen LogP contribution in [0.1, 0.15) is 12.5 Å². The van der Waals surface area contributed by atoms with Crippen LogP contribution >= 0.6 is 0 Å². The Bertz CT molecular complexity index is 515. The molecule has 0 radical (unpaired) electrons. The summed E-state index contributed by atoms with van der Waals surface area (Å²) in [6, 6.07) is 9.81. The molecule has 3 rings (SSSR count). The molecule has 0 aliphatic carbocycles. The van der Waals surface area contributed by atoms with E-state index < -0.39 is 0 Å². The minimum atomic E-state index is 0.178. The molecule has 0 unspecified atom stereocenters. The van der Waals surface area contributed by atoms with E-state index in [9.17, 15) is 4.79 Å². The number of carbonyl (C=O) groups excluding carboxylic acids is 1. The third-order valence-electron chi connectivity index (χ3n) is 3.91. The fraction of sp³-hybridized carbons (Fsp3) is 0.429. The zero-order valence-corrected chi connectivity index (χ0v) is 10.4. The summed E-state index contributed by atoms with van der Waals surface area (Å²) >= 11 is 0. The largest absolute Gasteiger partial charge is 0.370 e. The van der Waals surface area contributed by atoms with Crippen LogP contribution in [0.25, 0.3) is 0 Å². The molecule has 92 valence electrons. The first kappa shape index (κ1) is 11.1. The van der Waals surface area contributed by atoms with E-state index in [0.29, 0.717) is 11.0 Å². The van der Waals surface area contributed by atoms with Gasteiger partial charge in [-0.05, 0) is 24.3 Å². The zero-order chi connectivity index (χ0) is 12.8. The number of nitrogens with zero attached hydrogens (tertiary/aromatic N) is 3. The normalized spacial score (nSPS) is 20.0. The van der Waals surface area contributed by atoms with Gasteiger partial charge in [0.05, 0.1) is 11.6 Å². The maximum Gasteiger partial charge on any atom is 0.219 e. The van der Waals surface area contributed by atoms with E-state index in [-0.39, 0.29) is 5.91 Å². The molecular formula is C14H15N3O. The maximum absolute atomic E-state index is 11.2. The lowest BCUT2D eigenvalue weighted by Gasteiger charge is -2.60. The maximum atomic E-state index is 11.2. The van der Waals surface area contributed by atoms with Crippen molar-refractivity contribution in [2.75, 3.05) is 31.1 Å². The summed E-state index contributed by atoms with van der Waals surface area (Å²) in [4.78, 5) is 15.4. The van der Waals surface area contributed by atoms with Gasteiger partial charge in [-0.2, -0.15) is 5.26 Å². The fourth-order valence-corrected chi connectivity index (χ4v) is 2.88. The first-order valence-corrected chi connectivity index (χ1v) is 6.13. The number of nitriles is 1. The molecule has 0 N–H and O–H groups in total. The van der Waals surface area contributed by atoms with E-state index in [1.807, 2.05) is 29.2 Å². The molecule has 4 nitrogen and oxygen atoms in total. The van der Waals surface area contributed by atoms with E-state index in [4.69, 9.17) is 5.26 Å². The number of carbonyl (C=O) groups is 1. The van der Waals surface area contributed by atoms with Crippen molar-refractivity contribution >= 4 is 11.6 Å². The summed E-state index contributed by atoms with van der Waals surface area (Å²) in [5.74, 6) is 0.178. The first-order chi connectivity index (χ1) is 8.62. The fourth-order valence-electron chi connectivity index (χ4n) is 2.88. The molecule has 4 heteroatoms. The van der Waals surface area contributed by atoms with Gasteiger partial charge in [0.2, 0.25) is 5.91 Å². The average molecular weight is 241 g/mol. The molecule has 1 aromatic rings. The smallest absolute Gasteiger partial charge is 0.219 e. The summed E-state index contributed by atoms with van der Waals surface area (Å²) < 4.78 is 0. The van der Waals surface area contributed by atoms with Crippen molar-refractivity contribution in [3.05, 3.63) is 29.8 Å². The van der Waals surface area contributed by atoms with Crippen molar-refractivity contribution in [3.8, 4) is 6.07 Å². The van der Waals surface area contributed by atoms with Gasteiger partial charge in [0.25, 0.3) is 0 Å². The molecule has 0 saturated carbocycles. The van der Waals surface area contributed by atoms with Crippen LogP contribution in [0.2, 0.25) is 0 Å². The molecule has 0 bridgehead atoms.